The number of carbonyl (C=O) groups is 1. The van der Waals surface area contributed by atoms with Crippen LogP contribution < -0.4 is 14.2 Å². The zero-order chi connectivity index (χ0) is 15.2. The fourth-order valence-electron chi connectivity index (χ4n) is 2.04. The van der Waals surface area contributed by atoms with Gasteiger partial charge in [0.2, 0.25) is 5.88 Å². The van der Waals surface area contributed by atoms with Crippen LogP contribution in [0.1, 0.15) is 15.9 Å². The lowest BCUT2D eigenvalue weighted by Gasteiger charge is -2.12. The molecular formula is C16H17NO4. The zero-order valence-electron chi connectivity index (χ0n) is 12.3. The monoisotopic (exact) mass is 287 g/mol. The number of hydrogen-bond donors (Lipinski definition) is 0. The molecule has 110 valence electrons. The Bertz CT molecular complexity index is 600. The number of rotatable bonds is 6. The van der Waals surface area contributed by atoms with Crippen molar-refractivity contribution in [2.24, 2.45) is 0 Å². The highest BCUT2D eigenvalue weighted by molar-refractivity contribution is 6.02. The van der Waals surface area contributed by atoms with Crippen LogP contribution in [0.4, 0.5) is 0 Å². The number of Topliss-reactive ketones (excluding diaryl/α,β-unsaturated/α-hetero) is 1. The molecule has 0 aliphatic heterocycles. The molecule has 0 aliphatic rings. The lowest BCUT2D eigenvalue weighted by molar-refractivity contribution is 0.0987. The largest absolute Gasteiger partial charge is 0.496 e. The number of hydrogen-bond acceptors (Lipinski definition) is 5. The average molecular weight is 287 g/mol. The first-order valence-electron chi connectivity index (χ1n) is 6.42. The van der Waals surface area contributed by atoms with Crippen molar-refractivity contribution < 1.29 is 19.0 Å². The summed E-state index contributed by atoms with van der Waals surface area (Å²) in [6.45, 7) is 0. The van der Waals surface area contributed by atoms with E-state index in [0.29, 0.717) is 22.9 Å². The van der Waals surface area contributed by atoms with Gasteiger partial charge in [-0.1, -0.05) is 12.1 Å². The summed E-state index contributed by atoms with van der Waals surface area (Å²) in [5.41, 5.74) is 1.24. The van der Waals surface area contributed by atoms with E-state index in [1.807, 2.05) is 6.07 Å². The molecule has 0 unspecified atom stereocenters. The van der Waals surface area contributed by atoms with Gasteiger partial charge in [-0.15, -0.1) is 0 Å². The molecule has 0 spiro atoms. The molecule has 0 aliphatic carbocycles. The van der Waals surface area contributed by atoms with Crippen molar-refractivity contribution in [1.82, 2.24) is 4.98 Å². The first-order chi connectivity index (χ1) is 10.2. The number of benzene rings is 1. The predicted molar refractivity (Wildman–Crippen MR) is 78.4 cm³/mol. The maximum atomic E-state index is 12.5. The molecular weight excluding hydrogens is 270 g/mol. The molecule has 5 nitrogen and oxygen atoms in total. The van der Waals surface area contributed by atoms with Crippen LogP contribution >= 0.6 is 0 Å². The van der Waals surface area contributed by atoms with Crippen LogP contribution in [0.5, 0.6) is 17.4 Å². The van der Waals surface area contributed by atoms with E-state index in [1.165, 1.54) is 14.2 Å². The molecule has 1 aromatic carbocycles. The Labute approximate surface area is 123 Å². The summed E-state index contributed by atoms with van der Waals surface area (Å²) >= 11 is 0. The Morgan fingerprint density at radius 2 is 1.67 bits per heavy atom. The smallest absolute Gasteiger partial charge is 0.212 e. The van der Waals surface area contributed by atoms with E-state index in [-0.39, 0.29) is 12.2 Å². The van der Waals surface area contributed by atoms with Crippen molar-refractivity contribution in [3.05, 3.63) is 47.7 Å². The van der Waals surface area contributed by atoms with Crippen LogP contribution in [0, 0.1) is 0 Å². The van der Waals surface area contributed by atoms with Crippen LogP contribution in [0.15, 0.2) is 36.5 Å². The molecule has 2 rings (SSSR count). The quantitative estimate of drug-likeness (QED) is 0.764. The van der Waals surface area contributed by atoms with Gasteiger partial charge in [-0.2, -0.15) is 0 Å². The maximum Gasteiger partial charge on any atom is 0.212 e. The second kappa shape index (κ2) is 6.74. The second-order valence-corrected chi connectivity index (χ2v) is 4.35. The van der Waals surface area contributed by atoms with E-state index >= 15 is 0 Å². The molecule has 0 saturated carbocycles. The van der Waals surface area contributed by atoms with Crippen molar-refractivity contribution in [3.8, 4) is 17.4 Å². The molecule has 0 bridgehead atoms. The predicted octanol–water partition coefficient (Wildman–Crippen LogP) is 2.53. The summed E-state index contributed by atoms with van der Waals surface area (Å²) in [6.07, 6.45) is 1.84. The number of carbonyl (C=O) groups excluding carboxylic acids is 1. The molecule has 0 radical (unpaired) electrons. The Morgan fingerprint density at radius 1 is 1.00 bits per heavy atom. The van der Waals surface area contributed by atoms with Crippen LogP contribution in [0.25, 0.3) is 0 Å². The van der Waals surface area contributed by atoms with Gasteiger partial charge in [-0.25, -0.2) is 4.98 Å². The molecule has 0 saturated heterocycles. The highest BCUT2D eigenvalue weighted by atomic mass is 16.5. The van der Waals surface area contributed by atoms with Crippen LogP contribution in [-0.4, -0.2) is 32.1 Å². The Hall–Kier alpha value is -2.56. The minimum atomic E-state index is -0.0868. The first-order valence-corrected chi connectivity index (χ1v) is 6.42. The van der Waals surface area contributed by atoms with Gasteiger partial charge in [0.25, 0.3) is 0 Å². The highest BCUT2D eigenvalue weighted by Gasteiger charge is 2.18. The van der Waals surface area contributed by atoms with E-state index in [9.17, 15) is 4.79 Å². The molecule has 1 aromatic heterocycles. The van der Waals surface area contributed by atoms with E-state index in [1.54, 1.807) is 37.6 Å². The van der Waals surface area contributed by atoms with E-state index in [2.05, 4.69) is 4.98 Å². The third-order valence-electron chi connectivity index (χ3n) is 3.08. The van der Waals surface area contributed by atoms with Crippen LogP contribution in [0.2, 0.25) is 0 Å². The summed E-state index contributed by atoms with van der Waals surface area (Å²) in [4.78, 5) is 16.6. The maximum absolute atomic E-state index is 12.5. The minimum Gasteiger partial charge on any atom is -0.496 e. The molecule has 0 fully saturated rings. The van der Waals surface area contributed by atoms with Crippen molar-refractivity contribution in [2.45, 2.75) is 6.42 Å². The minimum absolute atomic E-state index is 0.0868. The van der Waals surface area contributed by atoms with Gasteiger partial charge in [0.15, 0.2) is 5.78 Å². The van der Waals surface area contributed by atoms with Crippen molar-refractivity contribution >= 4 is 5.78 Å². The van der Waals surface area contributed by atoms with Gasteiger partial charge in [-0.05, 0) is 17.7 Å². The number of nitrogens with zero attached hydrogens (tertiary/aromatic N) is 1. The normalized spacial score (nSPS) is 10.0. The summed E-state index contributed by atoms with van der Waals surface area (Å²) < 4.78 is 15.5. The third-order valence-corrected chi connectivity index (χ3v) is 3.08. The van der Waals surface area contributed by atoms with Gasteiger partial charge in [0.05, 0.1) is 21.3 Å². The van der Waals surface area contributed by atoms with Gasteiger partial charge >= 0.3 is 0 Å². The Morgan fingerprint density at radius 3 is 2.14 bits per heavy atom. The van der Waals surface area contributed by atoms with Crippen molar-refractivity contribution in [1.29, 1.82) is 0 Å². The van der Waals surface area contributed by atoms with Crippen molar-refractivity contribution in [2.75, 3.05) is 21.3 Å². The van der Waals surface area contributed by atoms with Gasteiger partial charge in [0, 0.05) is 18.7 Å². The summed E-state index contributed by atoms with van der Waals surface area (Å²) in [7, 11) is 4.60. The Balaban J connectivity index is 2.27. The number of aromatic nitrogens is 1. The molecule has 5 heteroatoms. The summed E-state index contributed by atoms with van der Waals surface area (Å²) in [5, 5.41) is 0. The van der Waals surface area contributed by atoms with Gasteiger partial charge < -0.3 is 14.2 Å². The lowest BCUT2D eigenvalue weighted by Crippen LogP contribution is -2.08. The fraction of sp³-hybridized carbons (Fsp3) is 0.250. The van der Waals surface area contributed by atoms with Crippen molar-refractivity contribution in [3.63, 3.8) is 0 Å². The fourth-order valence-corrected chi connectivity index (χ4v) is 2.04. The molecule has 0 amide bonds. The van der Waals surface area contributed by atoms with Crippen LogP contribution in [0.3, 0.4) is 0 Å². The first kappa shape index (κ1) is 14.8. The number of ether oxygens (including phenoxy) is 3. The van der Waals surface area contributed by atoms with E-state index in [0.717, 1.165) is 5.56 Å². The zero-order valence-corrected chi connectivity index (χ0v) is 12.3. The van der Waals surface area contributed by atoms with Gasteiger partial charge in [-0.3, -0.25) is 4.79 Å². The molecule has 2 aromatic rings. The van der Waals surface area contributed by atoms with Gasteiger partial charge in [0.1, 0.15) is 17.1 Å². The molecule has 1 heterocycles. The topological polar surface area (TPSA) is 57.7 Å². The number of pyridine rings is 1. The molecule has 21 heavy (non-hydrogen) atoms. The number of methoxy groups -OCH3 is 3. The van der Waals surface area contributed by atoms with E-state index in [4.69, 9.17) is 14.2 Å². The standard InChI is InChI=1S/C16H17NO4/c1-19-13-5-4-6-14(20-2)16(13)12(18)9-11-7-8-15(21-3)17-10-11/h4-8,10H,9H2,1-3H3. The average Bonchev–Trinajstić information content (AvgIpc) is 2.54. The second-order valence-electron chi connectivity index (χ2n) is 4.35. The van der Waals surface area contributed by atoms with Crippen LogP contribution in [-0.2, 0) is 6.42 Å². The highest BCUT2D eigenvalue weighted by Crippen LogP contribution is 2.29. The molecule has 0 atom stereocenters. The number of ketones is 1. The SMILES string of the molecule is COc1ccc(CC(=O)c2c(OC)cccc2OC)cn1. The van der Waals surface area contributed by atoms with E-state index < -0.39 is 0 Å². The lowest BCUT2D eigenvalue weighted by atomic mass is 10.0. The Kier molecular flexibility index (Phi) is 4.77. The molecule has 0 N–H and O–H groups in total. The third kappa shape index (κ3) is 3.31. The summed E-state index contributed by atoms with van der Waals surface area (Å²) in [5.74, 6) is 1.43. The summed E-state index contributed by atoms with van der Waals surface area (Å²) in [6, 6.07) is 8.79.